The van der Waals surface area contributed by atoms with E-state index >= 15 is 0 Å². The van der Waals surface area contributed by atoms with Crippen LogP contribution in [0.2, 0.25) is 0 Å². The van der Waals surface area contributed by atoms with Crippen LogP contribution in [0.1, 0.15) is 38.3 Å². The zero-order valence-electron chi connectivity index (χ0n) is 9.99. The summed E-state index contributed by atoms with van der Waals surface area (Å²) >= 11 is 1.85. The summed E-state index contributed by atoms with van der Waals surface area (Å²) in [5, 5.41) is 7.18. The van der Waals surface area contributed by atoms with Crippen LogP contribution in [0.5, 0.6) is 0 Å². The molecule has 0 radical (unpaired) electrons. The van der Waals surface area contributed by atoms with Crippen molar-refractivity contribution in [3.8, 4) is 0 Å². The third-order valence-electron chi connectivity index (χ3n) is 2.93. The lowest BCUT2D eigenvalue weighted by Gasteiger charge is -2.17. The Bertz CT molecular complexity index is 447. The van der Waals surface area contributed by atoms with Crippen LogP contribution in [0.15, 0.2) is 29.6 Å². The van der Waals surface area contributed by atoms with Crippen molar-refractivity contribution in [2.24, 2.45) is 0 Å². The fourth-order valence-corrected chi connectivity index (χ4v) is 3.05. The predicted octanol–water partition coefficient (Wildman–Crippen LogP) is 4.35. The van der Waals surface area contributed by atoms with Crippen molar-refractivity contribution < 1.29 is 0 Å². The molecule has 0 saturated heterocycles. The van der Waals surface area contributed by atoms with E-state index in [1.165, 1.54) is 22.1 Å². The smallest absolute Gasteiger partial charge is 0.0390 e. The largest absolute Gasteiger partial charge is 0.310 e. The number of rotatable bonds is 5. The Labute approximate surface area is 101 Å². The van der Waals surface area contributed by atoms with E-state index in [9.17, 15) is 0 Å². The van der Waals surface area contributed by atoms with Crippen LogP contribution in [0.3, 0.4) is 0 Å². The minimum Gasteiger partial charge on any atom is -0.310 e. The molecule has 1 unspecified atom stereocenters. The topological polar surface area (TPSA) is 12.0 Å². The standard InChI is InChI=1S/C14H19NS/c1-3-9-15-13(4-2)12-7-5-6-11-8-10-16-14(11)12/h5-8,10,13,15H,3-4,9H2,1-2H3. The highest BCUT2D eigenvalue weighted by molar-refractivity contribution is 7.17. The van der Waals surface area contributed by atoms with Gasteiger partial charge in [0.15, 0.2) is 0 Å². The van der Waals surface area contributed by atoms with E-state index in [4.69, 9.17) is 0 Å². The van der Waals surface area contributed by atoms with Gasteiger partial charge in [-0.05, 0) is 41.8 Å². The lowest BCUT2D eigenvalue weighted by atomic mass is 10.0. The molecular weight excluding hydrogens is 214 g/mol. The molecule has 2 heteroatoms. The summed E-state index contributed by atoms with van der Waals surface area (Å²) in [5.41, 5.74) is 1.46. The van der Waals surface area contributed by atoms with Crippen molar-refractivity contribution in [3.63, 3.8) is 0 Å². The molecule has 0 aliphatic carbocycles. The average molecular weight is 233 g/mol. The first-order chi connectivity index (χ1) is 7.86. The number of nitrogens with one attached hydrogen (secondary N) is 1. The van der Waals surface area contributed by atoms with E-state index in [1.807, 2.05) is 11.3 Å². The molecule has 0 aliphatic rings. The summed E-state index contributed by atoms with van der Waals surface area (Å²) in [6.07, 6.45) is 2.34. The van der Waals surface area contributed by atoms with Crippen LogP contribution in [0.25, 0.3) is 10.1 Å². The van der Waals surface area contributed by atoms with Gasteiger partial charge < -0.3 is 5.32 Å². The van der Waals surface area contributed by atoms with E-state index in [-0.39, 0.29) is 0 Å². The zero-order chi connectivity index (χ0) is 11.4. The Balaban J connectivity index is 2.32. The SMILES string of the molecule is CCCNC(CC)c1cccc2ccsc12. The molecular formula is C14H19NS. The Morgan fingerprint density at radius 1 is 1.25 bits per heavy atom. The molecule has 16 heavy (non-hydrogen) atoms. The third kappa shape index (κ3) is 2.28. The third-order valence-corrected chi connectivity index (χ3v) is 3.91. The van der Waals surface area contributed by atoms with E-state index in [2.05, 4.69) is 48.8 Å². The molecule has 1 N–H and O–H groups in total. The summed E-state index contributed by atoms with van der Waals surface area (Å²) in [4.78, 5) is 0. The summed E-state index contributed by atoms with van der Waals surface area (Å²) < 4.78 is 1.44. The number of hydrogen-bond donors (Lipinski definition) is 1. The number of benzene rings is 1. The maximum Gasteiger partial charge on any atom is 0.0390 e. The molecule has 2 aromatic rings. The van der Waals surface area contributed by atoms with Gasteiger partial charge in [0.25, 0.3) is 0 Å². The highest BCUT2D eigenvalue weighted by atomic mass is 32.1. The lowest BCUT2D eigenvalue weighted by molar-refractivity contribution is 0.522. The minimum absolute atomic E-state index is 0.502. The van der Waals surface area contributed by atoms with Crippen molar-refractivity contribution in [2.45, 2.75) is 32.7 Å². The van der Waals surface area contributed by atoms with Crippen LogP contribution >= 0.6 is 11.3 Å². The van der Waals surface area contributed by atoms with Gasteiger partial charge in [-0.1, -0.05) is 32.0 Å². The molecule has 1 aromatic carbocycles. The van der Waals surface area contributed by atoms with Crippen molar-refractivity contribution in [3.05, 3.63) is 35.2 Å². The quantitative estimate of drug-likeness (QED) is 0.809. The summed E-state index contributed by atoms with van der Waals surface area (Å²) in [7, 11) is 0. The summed E-state index contributed by atoms with van der Waals surface area (Å²) in [6, 6.07) is 9.33. The molecule has 0 aliphatic heterocycles. The second kappa shape index (κ2) is 5.46. The van der Waals surface area contributed by atoms with Gasteiger partial charge in [-0.3, -0.25) is 0 Å². The normalized spacial score (nSPS) is 13.1. The molecule has 1 heterocycles. The van der Waals surface area contributed by atoms with E-state index in [1.54, 1.807) is 0 Å². The Morgan fingerprint density at radius 2 is 2.12 bits per heavy atom. The van der Waals surface area contributed by atoms with E-state index in [0.29, 0.717) is 6.04 Å². The summed E-state index contributed by atoms with van der Waals surface area (Å²) in [6.45, 7) is 5.56. The van der Waals surface area contributed by atoms with Crippen molar-refractivity contribution in [2.75, 3.05) is 6.54 Å². The molecule has 0 fully saturated rings. The van der Waals surface area contributed by atoms with Gasteiger partial charge in [-0.2, -0.15) is 0 Å². The predicted molar refractivity (Wildman–Crippen MR) is 73.2 cm³/mol. The second-order valence-electron chi connectivity index (χ2n) is 4.10. The summed E-state index contributed by atoms with van der Waals surface area (Å²) in [5.74, 6) is 0. The lowest BCUT2D eigenvalue weighted by Crippen LogP contribution is -2.21. The molecule has 0 bridgehead atoms. The number of hydrogen-bond acceptors (Lipinski definition) is 2. The average Bonchev–Trinajstić information content (AvgIpc) is 2.78. The van der Waals surface area contributed by atoms with Crippen molar-refractivity contribution in [1.29, 1.82) is 0 Å². The molecule has 1 atom stereocenters. The second-order valence-corrected chi connectivity index (χ2v) is 5.02. The zero-order valence-corrected chi connectivity index (χ0v) is 10.8. The van der Waals surface area contributed by atoms with Crippen LogP contribution in [0.4, 0.5) is 0 Å². The van der Waals surface area contributed by atoms with Crippen LogP contribution in [-0.2, 0) is 0 Å². The highest BCUT2D eigenvalue weighted by Crippen LogP contribution is 2.30. The van der Waals surface area contributed by atoms with Crippen molar-refractivity contribution in [1.82, 2.24) is 5.32 Å². The Hall–Kier alpha value is -0.860. The van der Waals surface area contributed by atoms with E-state index in [0.717, 1.165) is 13.0 Å². The van der Waals surface area contributed by atoms with E-state index < -0.39 is 0 Å². The first kappa shape index (κ1) is 11.6. The number of thiophene rings is 1. The molecule has 1 nitrogen and oxygen atoms in total. The monoisotopic (exact) mass is 233 g/mol. The highest BCUT2D eigenvalue weighted by Gasteiger charge is 2.11. The fraction of sp³-hybridized carbons (Fsp3) is 0.429. The van der Waals surface area contributed by atoms with Gasteiger partial charge in [0.05, 0.1) is 0 Å². The minimum atomic E-state index is 0.502. The number of fused-ring (bicyclic) bond motifs is 1. The molecule has 0 spiro atoms. The Kier molecular flexibility index (Phi) is 3.97. The Morgan fingerprint density at radius 3 is 2.88 bits per heavy atom. The van der Waals surface area contributed by atoms with Gasteiger partial charge in [-0.15, -0.1) is 11.3 Å². The maximum absolute atomic E-state index is 3.62. The van der Waals surface area contributed by atoms with Gasteiger partial charge >= 0.3 is 0 Å². The van der Waals surface area contributed by atoms with Gasteiger partial charge in [-0.25, -0.2) is 0 Å². The first-order valence-electron chi connectivity index (χ1n) is 6.06. The molecule has 86 valence electrons. The molecule has 0 saturated carbocycles. The maximum atomic E-state index is 3.62. The molecule has 2 rings (SSSR count). The van der Waals surface area contributed by atoms with Crippen molar-refractivity contribution >= 4 is 21.4 Å². The van der Waals surface area contributed by atoms with Crippen LogP contribution in [0, 0.1) is 0 Å². The fourth-order valence-electron chi connectivity index (χ4n) is 2.08. The molecule has 0 amide bonds. The van der Waals surface area contributed by atoms with Crippen LogP contribution in [-0.4, -0.2) is 6.54 Å². The van der Waals surface area contributed by atoms with Gasteiger partial charge in [0.1, 0.15) is 0 Å². The molecule has 1 aromatic heterocycles. The van der Waals surface area contributed by atoms with Crippen LogP contribution < -0.4 is 5.32 Å². The van der Waals surface area contributed by atoms with Gasteiger partial charge in [0.2, 0.25) is 0 Å². The first-order valence-corrected chi connectivity index (χ1v) is 6.94. The van der Waals surface area contributed by atoms with Gasteiger partial charge in [0, 0.05) is 10.7 Å².